The zero-order chi connectivity index (χ0) is 12.5. The molecule has 2 aromatic rings. The van der Waals surface area contributed by atoms with E-state index in [9.17, 15) is 0 Å². The molecule has 1 aliphatic rings. The van der Waals surface area contributed by atoms with Gasteiger partial charge in [0, 0.05) is 16.0 Å². The van der Waals surface area contributed by atoms with Gasteiger partial charge in [-0.2, -0.15) is 5.10 Å². The Labute approximate surface area is 115 Å². The number of halogens is 1. The minimum absolute atomic E-state index is 0.582. The number of aryl methyl sites for hydroxylation is 1. The summed E-state index contributed by atoms with van der Waals surface area (Å²) in [6.45, 7) is 2.09. The monoisotopic (exact) mass is 305 g/mol. The minimum Gasteiger partial charge on any atom is -0.262 e. The van der Waals surface area contributed by atoms with Crippen LogP contribution in [0, 0.1) is 6.92 Å². The molecule has 3 rings (SSSR count). The van der Waals surface area contributed by atoms with Crippen LogP contribution in [-0.4, -0.2) is 15.2 Å². The Balaban J connectivity index is 1.94. The van der Waals surface area contributed by atoms with E-state index in [2.05, 4.69) is 50.2 Å². The van der Waals surface area contributed by atoms with Crippen LogP contribution in [0.15, 0.2) is 22.7 Å². The van der Waals surface area contributed by atoms with E-state index in [4.69, 9.17) is 0 Å². The Morgan fingerprint density at radius 2 is 2.06 bits per heavy atom. The Morgan fingerprint density at radius 3 is 2.83 bits per heavy atom. The first kappa shape index (κ1) is 11.9. The van der Waals surface area contributed by atoms with Gasteiger partial charge in [0.25, 0.3) is 0 Å². The quantitative estimate of drug-likeness (QED) is 0.903. The molecule has 0 bridgehead atoms. The van der Waals surface area contributed by atoms with Crippen molar-refractivity contribution < 1.29 is 0 Å². The zero-order valence-electron chi connectivity index (χ0n) is 10.4. The Kier molecular flexibility index (Phi) is 3.20. The van der Waals surface area contributed by atoms with E-state index in [0.29, 0.717) is 5.92 Å². The predicted octanol–water partition coefficient (Wildman–Crippen LogP) is 4.20. The molecule has 1 saturated carbocycles. The van der Waals surface area contributed by atoms with Crippen molar-refractivity contribution in [2.75, 3.05) is 0 Å². The molecule has 1 N–H and O–H groups in total. The Bertz CT molecular complexity index is 556. The first-order valence-electron chi connectivity index (χ1n) is 6.43. The second kappa shape index (κ2) is 4.84. The standard InChI is InChI=1S/C14H16BrN3/c1-9-6-7-11(15)8-12(9)14-16-13(17-18-14)10-4-2-3-5-10/h6-8,10H,2-5H2,1H3,(H,16,17,18). The fourth-order valence-corrected chi connectivity index (χ4v) is 2.97. The van der Waals surface area contributed by atoms with Gasteiger partial charge >= 0.3 is 0 Å². The van der Waals surface area contributed by atoms with Crippen molar-refractivity contribution in [1.29, 1.82) is 0 Å². The highest BCUT2D eigenvalue weighted by atomic mass is 79.9. The second-order valence-electron chi connectivity index (χ2n) is 4.98. The summed E-state index contributed by atoms with van der Waals surface area (Å²) >= 11 is 3.50. The molecule has 0 atom stereocenters. The van der Waals surface area contributed by atoms with Crippen molar-refractivity contribution in [3.63, 3.8) is 0 Å². The lowest BCUT2D eigenvalue weighted by Crippen LogP contribution is -1.94. The van der Waals surface area contributed by atoms with Crippen LogP contribution < -0.4 is 0 Å². The highest BCUT2D eigenvalue weighted by Gasteiger charge is 2.21. The summed E-state index contributed by atoms with van der Waals surface area (Å²) < 4.78 is 1.07. The van der Waals surface area contributed by atoms with E-state index in [1.165, 1.54) is 31.2 Å². The minimum atomic E-state index is 0.582. The van der Waals surface area contributed by atoms with E-state index in [0.717, 1.165) is 21.7 Å². The smallest absolute Gasteiger partial charge is 0.181 e. The number of benzene rings is 1. The topological polar surface area (TPSA) is 41.6 Å². The molecule has 0 radical (unpaired) electrons. The van der Waals surface area contributed by atoms with E-state index in [-0.39, 0.29) is 0 Å². The first-order valence-corrected chi connectivity index (χ1v) is 7.22. The average Bonchev–Trinajstić information content (AvgIpc) is 3.00. The molecular weight excluding hydrogens is 290 g/mol. The number of aromatic nitrogens is 3. The van der Waals surface area contributed by atoms with Crippen molar-refractivity contribution >= 4 is 15.9 Å². The van der Waals surface area contributed by atoms with Crippen molar-refractivity contribution in [3.8, 4) is 11.4 Å². The molecule has 3 nitrogen and oxygen atoms in total. The number of nitrogens with zero attached hydrogens (tertiary/aromatic N) is 2. The number of aromatic amines is 1. The highest BCUT2D eigenvalue weighted by molar-refractivity contribution is 9.10. The van der Waals surface area contributed by atoms with Crippen molar-refractivity contribution in [3.05, 3.63) is 34.1 Å². The second-order valence-corrected chi connectivity index (χ2v) is 5.90. The summed E-state index contributed by atoms with van der Waals surface area (Å²) in [5.41, 5.74) is 2.31. The third kappa shape index (κ3) is 2.21. The average molecular weight is 306 g/mol. The molecule has 1 aliphatic carbocycles. The van der Waals surface area contributed by atoms with Crippen LogP contribution in [-0.2, 0) is 0 Å². The molecule has 4 heteroatoms. The lowest BCUT2D eigenvalue weighted by molar-refractivity contribution is 0.672. The third-order valence-electron chi connectivity index (χ3n) is 3.69. The van der Waals surface area contributed by atoms with Gasteiger partial charge in [-0.05, 0) is 37.5 Å². The molecule has 1 heterocycles. The summed E-state index contributed by atoms with van der Waals surface area (Å²) in [7, 11) is 0. The summed E-state index contributed by atoms with van der Waals surface area (Å²) in [6, 6.07) is 6.21. The third-order valence-corrected chi connectivity index (χ3v) is 4.18. The summed E-state index contributed by atoms with van der Waals surface area (Å²) in [4.78, 5) is 4.68. The van der Waals surface area contributed by atoms with Gasteiger partial charge in [0.15, 0.2) is 5.82 Å². The number of hydrogen-bond donors (Lipinski definition) is 1. The number of H-pyrrole nitrogens is 1. The van der Waals surface area contributed by atoms with Crippen molar-refractivity contribution in [1.82, 2.24) is 15.2 Å². The summed E-state index contributed by atoms with van der Waals surface area (Å²) in [5.74, 6) is 2.45. The lowest BCUT2D eigenvalue weighted by atomic mass is 10.1. The van der Waals surface area contributed by atoms with Crippen LogP contribution in [0.5, 0.6) is 0 Å². The Morgan fingerprint density at radius 1 is 1.28 bits per heavy atom. The maximum atomic E-state index is 4.68. The fourth-order valence-electron chi connectivity index (χ4n) is 2.61. The SMILES string of the molecule is Cc1ccc(Br)cc1-c1n[nH]c(C2CCCC2)n1. The van der Waals surface area contributed by atoms with Gasteiger partial charge in [-0.25, -0.2) is 4.98 Å². The van der Waals surface area contributed by atoms with Crippen molar-refractivity contribution in [2.45, 2.75) is 38.5 Å². The van der Waals surface area contributed by atoms with Crippen LogP contribution in [0.25, 0.3) is 11.4 Å². The molecule has 0 saturated heterocycles. The molecule has 0 amide bonds. The van der Waals surface area contributed by atoms with Gasteiger partial charge in [-0.1, -0.05) is 34.8 Å². The van der Waals surface area contributed by atoms with Gasteiger partial charge in [0.1, 0.15) is 5.82 Å². The van der Waals surface area contributed by atoms with Crippen LogP contribution in [0.4, 0.5) is 0 Å². The molecule has 18 heavy (non-hydrogen) atoms. The molecule has 1 aromatic carbocycles. The first-order chi connectivity index (χ1) is 8.74. The molecule has 1 aromatic heterocycles. The molecule has 0 aliphatic heterocycles. The van der Waals surface area contributed by atoms with Crippen LogP contribution in [0.2, 0.25) is 0 Å². The van der Waals surface area contributed by atoms with Gasteiger partial charge < -0.3 is 0 Å². The highest BCUT2D eigenvalue weighted by Crippen LogP contribution is 2.33. The molecule has 0 unspecified atom stereocenters. The van der Waals surface area contributed by atoms with E-state index in [1.807, 2.05) is 6.07 Å². The maximum absolute atomic E-state index is 4.68. The van der Waals surface area contributed by atoms with Gasteiger partial charge in [-0.15, -0.1) is 0 Å². The van der Waals surface area contributed by atoms with Gasteiger partial charge in [0.2, 0.25) is 0 Å². The van der Waals surface area contributed by atoms with Crippen LogP contribution >= 0.6 is 15.9 Å². The van der Waals surface area contributed by atoms with E-state index in [1.54, 1.807) is 0 Å². The van der Waals surface area contributed by atoms with E-state index >= 15 is 0 Å². The van der Waals surface area contributed by atoms with Crippen LogP contribution in [0.3, 0.4) is 0 Å². The zero-order valence-corrected chi connectivity index (χ0v) is 12.0. The van der Waals surface area contributed by atoms with Gasteiger partial charge in [0.05, 0.1) is 0 Å². The maximum Gasteiger partial charge on any atom is 0.181 e. The molecular formula is C14H16BrN3. The predicted molar refractivity (Wildman–Crippen MR) is 75.5 cm³/mol. The molecule has 1 fully saturated rings. The summed E-state index contributed by atoms with van der Waals surface area (Å²) in [5, 5.41) is 7.49. The molecule has 94 valence electrons. The Hall–Kier alpha value is -1.16. The lowest BCUT2D eigenvalue weighted by Gasteiger charge is -2.03. The van der Waals surface area contributed by atoms with E-state index < -0.39 is 0 Å². The van der Waals surface area contributed by atoms with Crippen LogP contribution in [0.1, 0.15) is 43.0 Å². The normalized spacial score (nSPS) is 16.3. The number of rotatable bonds is 2. The number of hydrogen-bond acceptors (Lipinski definition) is 2. The number of nitrogens with one attached hydrogen (secondary N) is 1. The van der Waals surface area contributed by atoms with Crippen molar-refractivity contribution in [2.24, 2.45) is 0 Å². The molecule has 0 spiro atoms. The largest absolute Gasteiger partial charge is 0.262 e. The fraction of sp³-hybridized carbons (Fsp3) is 0.429. The van der Waals surface area contributed by atoms with Gasteiger partial charge in [-0.3, -0.25) is 5.10 Å². The summed E-state index contributed by atoms with van der Waals surface area (Å²) in [6.07, 6.45) is 5.12.